The summed E-state index contributed by atoms with van der Waals surface area (Å²) in [5, 5.41) is 20.9. The fourth-order valence-corrected chi connectivity index (χ4v) is 2.69. The maximum absolute atomic E-state index is 10.7. The molecule has 134 valence electrons. The number of aliphatic hydroxyl groups is 1. The van der Waals surface area contributed by atoms with Crippen molar-refractivity contribution in [3.8, 4) is 5.75 Å². The van der Waals surface area contributed by atoms with E-state index in [0.29, 0.717) is 12.2 Å². The minimum atomic E-state index is -0.560. The van der Waals surface area contributed by atoms with Gasteiger partial charge in [-0.3, -0.25) is 0 Å². The molecule has 0 fully saturated rings. The molecule has 1 aromatic carbocycles. The second-order valence-electron chi connectivity index (χ2n) is 8.35. The molecule has 0 heterocycles. The zero-order valence-corrected chi connectivity index (χ0v) is 16.4. The standard InChI is InChI=1S/C19H33NO2.ClH/c1-8-9-15(21)16(20)12-10-13(18(2,3)4)17(22)14(11-12)19(5,6)7;/h10-11,15-16,21-22H,8-9,20H2,1-7H3;1H/t15-,16+;/m1./s1. The van der Waals surface area contributed by atoms with Crippen molar-refractivity contribution in [2.24, 2.45) is 5.73 Å². The van der Waals surface area contributed by atoms with Gasteiger partial charge >= 0.3 is 0 Å². The Labute approximate surface area is 147 Å². The zero-order valence-electron chi connectivity index (χ0n) is 15.6. The van der Waals surface area contributed by atoms with Crippen LogP contribution in [-0.2, 0) is 10.8 Å². The highest BCUT2D eigenvalue weighted by molar-refractivity contribution is 5.85. The Morgan fingerprint density at radius 2 is 1.39 bits per heavy atom. The third kappa shape index (κ3) is 5.37. The topological polar surface area (TPSA) is 66.5 Å². The molecule has 4 N–H and O–H groups in total. The molecule has 0 bridgehead atoms. The van der Waals surface area contributed by atoms with E-state index in [4.69, 9.17) is 5.73 Å². The highest BCUT2D eigenvalue weighted by atomic mass is 35.5. The van der Waals surface area contributed by atoms with Gasteiger partial charge in [0, 0.05) is 0 Å². The van der Waals surface area contributed by atoms with Crippen molar-refractivity contribution in [1.29, 1.82) is 0 Å². The fraction of sp³-hybridized carbons (Fsp3) is 0.684. The summed E-state index contributed by atoms with van der Waals surface area (Å²) >= 11 is 0. The second-order valence-corrected chi connectivity index (χ2v) is 8.35. The van der Waals surface area contributed by atoms with Crippen LogP contribution in [0.3, 0.4) is 0 Å². The first-order valence-corrected chi connectivity index (χ1v) is 8.21. The number of hydrogen-bond acceptors (Lipinski definition) is 3. The van der Waals surface area contributed by atoms with Crippen LogP contribution < -0.4 is 5.73 Å². The van der Waals surface area contributed by atoms with Gasteiger partial charge in [-0.2, -0.15) is 0 Å². The molecule has 0 aliphatic rings. The zero-order chi connectivity index (χ0) is 17.3. The summed E-state index contributed by atoms with van der Waals surface area (Å²) in [6.07, 6.45) is 1.01. The third-order valence-electron chi connectivity index (χ3n) is 4.13. The number of phenolic OH excluding ortho intramolecular Hbond substituents is 1. The van der Waals surface area contributed by atoms with Gasteiger partial charge < -0.3 is 15.9 Å². The first kappa shape index (κ1) is 22.2. The summed E-state index contributed by atoms with van der Waals surface area (Å²) < 4.78 is 0. The lowest BCUT2D eigenvalue weighted by atomic mass is 9.77. The van der Waals surface area contributed by atoms with Crippen molar-refractivity contribution < 1.29 is 10.2 Å². The van der Waals surface area contributed by atoms with Crippen LogP contribution in [0, 0.1) is 0 Å². The molecule has 0 spiro atoms. The molecule has 4 heteroatoms. The molecule has 2 atom stereocenters. The number of benzene rings is 1. The summed E-state index contributed by atoms with van der Waals surface area (Å²) in [5.41, 5.74) is 8.56. The largest absolute Gasteiger partial charge is 0.507 e. The van der Waals surface area contributed by atoms with Crippen LogP contribution in [0.25, 0.3) is 0 Å². The minimum absolute atomic E-state index is 0. The molecule has 1 rings (SSSR count). The lowest BCUT2D eigenvalue weighted by Gasteiger charge is -2.30. The average molecular weight is 344 g/mol. The Morgan fingerprint density at radius 1 is 1.00 bits per heavy atom. The Balaban J connectivity index is 0.00000484. The normalized spacial score (nSPS) is 15.0. The molecule has 0 aromatic heterocycles. The van der Waals surface area contributed by atoms with E-state index in [1.807, 2.05) is 19.1 Å². The van der Waals surface area contributed by atoms with Crippen LogP contribution in [0.2, 0.25) is 0 Å². The monoisotopic (exact) mass is 343 g/mol. The van der Waals surface area contributed by atoms with Crippen LogP contribution in [-0.4, -0.2) is 16.3 Å². The lowest BCUT2D eigenvalue weighted by Crippen LogP contribution is -2.27. The number of rotatable bonds is 4. The number of phenols is 1. The van der Waals surface area contributed by atoms with E-state index in [1.54, 1.807) is 0 Å². The Kier molecular flexibility index (Phi) is 7.60. The Hall–Kier alpha value is -0.770. The molecule has 23 heavy (non-hydrogen) atoms. The van der Waals surface area contributed by atoms with Crippen molar-refractivity contribution in [3.05, 3.63) is 28.8 Å². The maximum Gasteiger partial charge on any atom is 0.123 e. The van der Waals surface area contributed by atoms with Gasteiger partial charge in [-0.1, -0.05) is 54.9 Å². The van der Waals surface area contributed by atoms with E-state index in [1.165, 1.54) is 0 Å². The number of aromatic hydroxyl groups is 1. The van der Waals surface area contributed by atoms with Crippen LogP contribution in [0.1, 0.15) is 84.0 Å². The molecule has 0 aliphatic carbocycles. The van der Waals surface area contributed by atoms with Crippen molar-refractivity contribution in [2.45, 2.75) is 84.3 Å². The molecular weight excluding hydrogens is 310 g/mol. The van der Waals surface area contributed by atoms with E-state index in [9.17, 15) is 10.2 Å². The molecule has 0 saturated carbocycles. The molecule has 0 amide bonds. The van der Waals surface area contributed by atoms with E-state index >= 15 is 0 Å². The third-order valence-corrected chi connectivity index (χ3v) is 4.13. The molecular formula is C19H34ClNO2. The molecule has 0 saturated heterocycles. The van der Waals surface area contributed by atoms with Crippen LogP contribution in [0.15, 0.2) is 12.1 Å². The highest BCUT2D eigenvalue weighted by Crippen LogP contribution is 2.41. The summed E-state index contributed by atoms with van der Waals surface area (Å²) in [7, 11) is 0. The van der Waals surface area contributed by atoms with Gasteiger partial charge in [-0.25, -0.2) is 0 Å². The SMILES string of the molecule is CCC[C@@H](O)[C@@H](N)c1cc(C(C)(C)C)c(O)c(C(C)(C)C)c1.Cl. The average Bonchev–Trinajstić information content (AvgIpc) is 2.35. The molecule has 0 aliphatic heterocycles. The van der Waals surface area contributed by atoms with Gasteiger partial charge in [0.15, 0.2) is 0 Å². The smallest absolute Gasteiger partial charge is 0.123 e. The van der Waals surface area contributed by atoms with Crippen molar-refractivity contribution in [3.63, 3.8) is 0 Å². The van der Waals surface area contributed by atoms with E-state index in [2.05, 4.69) is 41.5 Å². The fourth-order valence-electron chi connectivity index (χ4n) is 2.69. The van der Waals surface area contributed by atoms with Gasteiger partial charge in [0.2, 0.25) is 0 Å². The second kappa shape index (κ2) is 7.87. The summed E-state index contributed by atoms with van der Waals surface area (Å²) in [4.78, 5) is 0. The Bertz CT molecular complexity index is 480. The Morgan fingerprint density at radius 3 is 1.70 bits per heavy atom. The number of aliphatic hydroxyl groups excluding tert-OH is 1. The number of halogens is 1. The van der Waals surface area contributed by atoms with E-state index < -0.39 is 12.1 Å². The van der Waals surface area contributed by atoms with Gasteiger partial charge in [-0.15, -0.1) is 12.4 Å². The molecule has 0 radical (unpaired) electrons. The quantitative estimate of drug-likeness (QED) is 0.750. The van der Waals surface area contributed by atoms with Gasteiger partial charge in [0.1, 0.15) is 5.75 Å². The first-order chi connectivity index (χ1) is 9.89. The van der Waals surface area contributed by atoms with Crippen molar-refractivity contribution >= 4 is 12.4 Å². The maximum atomic E-state index is 10.7. The summed E-state index contributed by atoms with van der Waals surface area (Å²) in [6, 6.07) is 3.48. The van der Waals surface area contributed by atoms with Crippen LogP contribution in [0.5, 0.6) is 5.75 Å². The number of hydrogen-bond donors (Lipinski definition) is 3. The molecule has 0 unspecified atom stereocenters. The van der Waals surface area contributed by atoms with Gasteiger partial charge in [-0.05, 0) is 46.1 Å². The molecule has 1 aromatic rings. The highest BCUT2D eigenvalue weighted by Gasteiger charge is 2.28. The van der Waals surface area contributed by atoms with Crippen molar-refractivity contribution in [2.75, 3.05) is 0 Å². The molecule has 3 nitrogen and oxygen atoms in total. The van der Waals surface area contributed by atoms with Crippen molar-refractivity contribution in [1.82, 2.24) is 0 Å². The predicted octanol–water partition coefficient (Wildman–Crippen LogP) is 4.57. The predicted molar refractivity (Wildman–Crippen MR) is 101 cm³/mol. The van der Waals surface area contributed by atoms with Crippen LogP contribution in [0.4, 0.5) is 0 Å². The van der Waals surface area contributed by atoms with Gasteiger partial charge in [0.25, 0.3) is 0 Å². The van der Waals surface area contributed by atoms with E-state index in [-0.39, 0.29) is 23.2 Å². The first-order valence-electron chi connectivity index (χ1n) is 8.21. The number of nitrogens with two attached hydrogens (primary N) is 1. The van der Waals surface area contributed by atoms with Gasteiger partial charge in [0.05, 0.1) is 12.1 Å². The summed E-state index contributed by atoms with van der Waals surface area (Å²) in [5.74, 6) is 0.348. The minimum Gasteiger partial charge on any atom is -0.507 e. The van der Waals surface area contributed by atoms with Crippen LogP contribution >= 0.6 is 12.4 Å². The summed E-state index contributed by atoms with van der Waals surface area (Å²) in [6.45, 7) is 14.5. The lowest BCUT2D eigenvalue weighted by molar-refractivity contribution is 0.134. The van der Waals surface area contributed by atoms with E-state index in [0.717, 1.165) is 23.1 Å².